The summed E-state index contributed by atoms with van der Waals surface area (Å²) in [5.74, 6) is -0.198. The smallest absolute Gasteiger partial charge is 0.123 e. The first-order chi connectivity index (χ1) is 7.29. The lowest BCUT2D eigenvalue weighted by Gasteiger charge is -2.29. The second-order valence-corrected chi connectivity index (χ2v) is 5.08. The Bertz CT molecular complexity index is 330. The molecule has 1 aromatic rings. The van der Waals surface area contributed by atoms with Gasteiger partial charge in [0.05, 0.1) is 18.5 Å². The first-order valence-corrected chi connectivity index (χ1v) is 5.92. The highest BCUT2D eigenvalue weighted by Gasteiger charge is 2.23. The summed E-state index contributed by atoms with van der Waals surface area (Å²) in [4.78, 5) is 0. The van der Waals surface area contributed by atoms with Crippen LogP contribution in [-0.2, 0) is 4.74 Å². The number of rotatable bonds is 4. The number of ether oxygens (including phenoxy) is 1. The molecule has 15 heavy (non-hydrogen) atoms. The number of thioether (sulfide) groups is 1. The van der Waals surface area contributed by atoms with Gasteiger partial charge in [0.2, 0.25) is 0 Å². The Kier molecular flexibility index (Phi) is 3.61. The van der Waals surface area contributed by atoms with Crippen LogP contribution in [0.2, 0.25) is 0 Å². The van der Waals surface area contributed by atoms with Crippen LogP contribution in [0.1, 0.15) is 10.8 Å². The van der Waals surface area contributed by atoms with Crippen molar-refractivity contribution in [2.75, 3.05) is 19.8 Å². The molecule has 1 unspecified atom stereocenters. The third kappa shape index (κ3) is 2.71. The normalized spacial score (nSPS) is 18.5. The molecule has 0 bridgehead atoms. The van der Waals surface area contributed by atoms with Crippen molar-refractivity contribution in [3.63, 3.8) is 0 Å². The third-order valence-corrected chi connectivity index (χ3v) is 3.85. The van der Waals surface area contributed by atoms with Crippen molar-refractivity contribution in [2.24, 2.45) is 5.73 Å². The molecule has 0 spiro atoms. The van der Waals surface area contributed by atoms with E-state index in [0.29, 0.717) is 11.8 Å². The molecule has 1 heterocycles. The van der Waals surface area contributed by atoms with Crippen LogP contribution in [-0.4, -0.2) is 25.0 Å². The molecule has 2 nitrogen and oxygen atoms in total. The van der Waals surface area contributed by atoms with Crippen LogP contribution in [0.4, 0.5) is 4.39 Å². The molecule has 0 aromatic heterocycles. The van der Waals surface area contributed by atoms with Crippen LogP contribution < -0.4 is 5.73 Å². The van der Waals surface area contributed by atoms with E-state index in [0.717, 1.165) is 18.8 Å². The zero-order chi connectivity index (χ0) is 10.7. The van der Waals surface area contributed by atoms with Gasteiger partial charge in [0.25, 0.3) is 0 Å². The van der Waals surface area contributed by atoms with Crippen LogP contribution >= 0.6 is 11.8 Å². The van der Waals surface area contributed by atoms with Crippen molar-refractivity contribution in [1.29, 1.82) is 0 Å². The van der Waals surface area contributed by atoms with Crippen molar-refractivity contribution in [3.05, 3.63) is 35.6 Å². The fourth-order valence-corrected chi connectivity index (χ4v) is 2.73. The Morgan fingerprint density at radius 1 is 1.53 bits per heavy atom. The minimum absolute atomic E-state index is 0.176. The summed E-state index contributed by atoms with van der Waals surface area (Å²) in [7, 11) is 0. The Labute approximate surface area is 93.0 Å². The van der Waals surface area contributed by atoms with E-state index in [-0.39, 0.29) is 11.1 Å². The number of hydrogen-bond donors (Lipinski definition) is 1. The van der Waals surface area contributed by atoms with Gasteiger partial charge in [-0.15, -0.1) is 11.8 Å². The molecule has 82 valence electrons. The Morgan fingerprint density at radius 2 is 2.33 bits per heavy atom. The third-order valence-electron chi connectivity index (χ3n) is 2.40. The fraction of sp³-hybridized carbons (Fsp3) is 0.455. The van der Waals surface area contributed by atoms with E-state index in [1.807, 2.05) is 6.07 Å². The van der Waals surface area contributed by atoms with E-state index in [1.165, 1.54) is 6.07 Å². The molecule has 1 aromatic carbocycles. The van der Waals surface area contributed by atoms with Gasteiger partial charge in [-0.2, -0.15) is 0 Å². The number of hydrogen-bond acceptors (Lipinski definition) is 3. The van der Waals surface area contributed by atoms with E-state index in [9.17, 15) is 4.39 Å². The monoisotopic (exact) mass is 227 g/mol. The van der Waals surface area contributed by atoms with E-state index >= 15 is 0 Å². The maximum atomic E-state index is 13.0. The molecule has 2 N–H and O–H groups in total. The average Bonchev–Trinajstić information content (AvgIpc) is 2.16. The lowest BCUT2D eigenvalue weighted by Crippen LogP contribution is -2.32. The van der Waals surface area contributed by atoms with Crippen LogP contribution in [0.25, 0.3) is 0 Å². The predicted molar refractivity (Wildman–Crippen MR) is 60.4 cm³/mol. The maximum Gasteiger partial charge on any atom is 0.123 e. The molecule has 0 amide bonds. The van der Waals surface area contributed by atoms with Crippen molar-refractivity contribution in [3.8, 4) is 0 Å². The van der Waals surface area contributed by atoms with Crippen LogP contribution in [0.5, 0.6) is 0 Å². The molecular weight excluding hydrogens is 213 g/mol. The van der Waals surface area contributed by atoms with Crippen LogP contribution in [0.15, 0.2) is 24.3 Å². The average molecular weight is 227 g/mol. The fourth-order valence-electron chi connectivity index (χ4n) is 1.50. The Morgan fingerprint density at radius 3 is 2.87 bits per heavy atom. The zero-order valence-electron chi connectivity index (χ0n) is 8.36. The van der Waals surface area contributed by atoms with E-state index in [4.69, 9.17) is 10.5 Å². The first-order valence-electron chi connectivity index (χ1n) is 4.98. The summed E-state index contributed by atoms with van der Waals surface area (Å²) in [6.45, 7) is 2.11. The van der Waals surface area contributed by atoms with Gasteiger partial charge in [-0.3, -0.25) is 0 Å². The molecule has 1 aliphatic rings. The van der Waals surface area contributed by atoms with Gasteiger partial charge in [0.1, 0.15) is 5.82 Å². The van der Waals surface area contributed by atoms with E-state index in [2.05, 4.69) is 0 Å². The molecule has 1 saturated heterocycles. The van der Waals surface area contributed by atoms with Crippen LogP contribution in [0.3, 0.4) is 0 Å². The Hall–Kier alpha value is -0.580. The first kappa shape index (κ1) is 10.9. The summed E-state index contributed by atoms with van der Waals surface area (Å²) in [6, 6.07) is 6.66. The summed E-state index contributed by atoms with van der Waals surface area (Å²) in [5.41, 5.74) is 6.66. The molecule has 0 aliphatic carbocycles. The molecule has 1 fully saturated rings. The lowest BCUT2D eigenvalue weighted by atomic mass is 10.1. The molecule has 2 rings (SSSR count). The van der Waals surface area contributed by atoms with Gasteiger partial charge >= 0.3 is 0 Å². The summed E-state index contributed by atoms with van der Waals surface area (Å²) >= 11 is 1.78. The van der Waals surface area contributed by atoms with Gasteiger partial charge in [-0.25, -0.2) is 4.39 Å². The molecule has 1 atom stereocenters. The minimum Gasteiger partial charge on any atom is -0.379 e. The molecule has 0 saturated carbocycles. The van der Waals surface area contributed by atoms with Crippen molar-refractivity contribution in [1.82, 2.24) is 0 Å². The van der Waals surface area contributed by atoms with E-state index < -0.39 is 0 Å². The minimum atomic E-state index is -0.198. The number of nitrogens with two attached hydrogens (primary N) is 1. The van der Waals surface area contributed by atoms with Gasteiger partial charge < -0.3 is 10.5 Å². The lowest BCUT2D eigenvalue weighted by molar-refractivity contribution is 0.0453. The number of halogens is 1. The molecular formula is C11H14FNOS. The topological polar surface area (TPSA) is 35.2 Å². The SMILES string of the molecule is NCC(SC1COC1)c1cccc(F)c1. The highest BCUT2D eigenvalue weighted by molar-refractivity contribution is 8.00. The second-order valence-electron chi connectivity index (χ2n) is 3.57. The summed E-state index contributed by atoms with van der Waals surface area (Å²) in [5, 5.41) is 0.691. The standard InChI is InChI=1S/C11H14FNOS/c12-9-3-1-2-8(4-9)11(5-13)15-10-6-14-7-10/h1-4,10-11H,5-7,13H2. The molecule has 4 heteroatoms. The van der Waals surface area contributed by atoms with Gasteiger partial charge in [-0.05, 0) is 17.7 Å². The quantitative estimate of drug-likeness (QED) is 0.854. The van der Waals surface area contributed by atoms with Crippen molar-refractivity contribution < 1.29 is 9.13 Å². The maximum absolute atomic E-state index is 13.0. The van der Waals surface area contributed by atoms with Gasteiger partial charge in [0.15, 0.2) is 0 Å². The van der Waals surface area contributed by atoms with Crippen molar-refractivity contribution in [2.45, 2.75) is 10.5 Å². The van der Waals surface area contributed by atoms with E-state index in [1.54, 1.807) is 23.9 Å². The van der Waals surface area contributed by atoms with Gasteiger partial charge in [0, 0.05) is 11.8 Å². The largest absolute Gasteiger partial charge is 0.379 e. The molecule has 1 aliphatic heterocycles. The molecule has 0 radical (unpaired) electrons. The summed E-state index contributed by atoms with van der Waals surface area (Å²) < 4.78 is 18.1. The Balaban J connectivity index is 2.04. The van der Waals surface area contributed by atoms with Crippen LogP contribution in [0, 0.1) is 5.82 Å². The van der Waals surface area contributed by atoms with Crippen molar-refractivity contribution >= 4 is 11.8 Å². The highest BCUT2D eigenvalue weighted by Crippen LogP contribution is 2.34. The number of benzene rings is 1. The zero-order valence-corrected chi connectivity index (χ0v) is 9.17. The second kappa shape index (κ2) is 4.96. The highest BCUT2D eigenvalue weighted by atomic mass is 32.2. The summed E-state index contributed by atoms with van der Waals surface area (Å²) in [6.07, 6.45) is 0. The van der Waals surface area contributed by atoms with Gasteiger partial charge in [-0.1, -0.05) is 12.1 Å². The predicted octanol–water partition coefficient (Wildman–Crippen LogP) is 1.96.